The molecule has 15 heavy (non-hydrogen) atoms. The molecular weight excluding hydrogens is 194 g/mol. The normalized spacial score (nSPS) is 9.00. The van der Waals surface area contributed by atoms with Gasteiger partial charge in [0.1, 0.15) is 0 Å². The molecule has 1 aromatic rings. The van der Waals surface area contributed by atoms with E-state index in [0.717, 1.165) is 0 Å². The monoisotopic (exact) mass is 203 g/mol. The van der Waals surface area contributed by atoms with Gasteiger partial charge in [-0.3, -0.25) is 4.79 Å². The van der Waals surface area contributed by atoms with Crippen molar-refractivity contribution in [3.8, 4) is 12.3 Å². The Bertz CT molecular complexity index is 432. The van der Waals surface area contributed by atoms with Gasteiger partial charge in [-0.1, -0.05) is 12.0 Å². The Morgan fingerprint density at radius 3 is 2.80 bits per heavy atom. The lowest BCUT2D eigenvalue weighted by Crippen LogP contribution is -2.10. The maximum atomic E-state index is 11.1. The predicted octanol–water partition coefficient (Wildman–Crippen LogP) is 1.35. The molecule has 1 rings (SSSR count). The molecule has 1 aromatic carbocycles. The number of aromatic carboxylic acids is 1. The summed E-state index contributed by atoms with van der Waals surface area (Å²) in [5.41, 5.74) is 0.545. The lowest BCUT2D eigenvalue weighted by atomic mass is 10.2. The van der Waals surface area contributed by atoms with E-state index in [-0.39, 0.29) is 17.9 Å². The highest BCUT2D eigenvalue weighted by molar-refractivity contribution is 5.94. The molecular formula is C11H9NO3. The van der Waals surface area contributed by atoms with Gasteiger partial charge < -0.3 is 10.4 Å². The van der Waals surface area contributed by atoms with E-state index in [2.05, 4.69) is 11.2 Å². The number of hydrogen-bond acceptors (Lipinski definition) is 2. The number of rotatable bonds is 3. The zero-order valence-corrected chi connectivity index (χ0v) is 7.86. The molecule has 0 fully saturated rings. The molecule has 0 aliphatic heterocycles. The Morgan fingerprint density at radius 2 is 2.20 bits per heavy atom. The van der Waals surface area contributed by atoms with E-state index in [1.165, 1.54) is 12.1 Å². The van der Waals surface area contributed by atoms with Gasteiger partial charge in [0.2, 0.25) is 5.91 Å². The van der Waals surface area contributed by atoms with E-state index in [9.17, 15) is 9.59 Å². The highest BCUT2D eigenvalue weighted by Crippen LogP contribution is 2.10. The molecule has 0 radical (unpaired) electrons. The van der Waals surface area contributed by atoms with Gasteiger partial charge in [-0.15, -0.1) is 6.42 Å². The van der Waals surface area contributed by atoms with Crippen LogP contribution < -0.4 is 5.32 Å². The Hall–Kier alpha value is -2.28. The molecule has 0 heterocycles. The Labute approximate surface area is 86.9 Å². The standard InChI is InChI=1S/C11H9NO3/c1-2-4-10(13)12-9-6-3-5-8(7-9)11(14)15/h1,3,5-7H,4H2,(H,12,13)(H,14,15). The van der Waals surface area contributed by atoms with Crippen molar-refractivity contribution in [1.82, 2.24) is 0 Å². The molecule has 0 bridgehead atoms. The molecule has 0 saturated carbocycles. The third-order valence-corrected chi connectivity index (χ3v) is 1.66. The number of benzene rings is 1. The second-order valence-electron chi connectivity index (χ2n) is 2.82. The van der Waals surface area contributed by atoms with Gasteiger partial charge in [0, 0.05) is 5.69 Å². The first-order valence-corrected chi connectivity index (χ1v) is 4.20. The number of carbonyl (C=O) groups excluding carboxylic acids is 1. The van der Waals surface area contributed by atoms with Gasteiger partial charge in [0.05, 0.1) is 12.0 Å². The summed E-state index contributed by atoms with van der Waals surface area (Å²) in [5, 5.41) is 11.2. The number of carboxylic acids is 1. The van der Waals surface area contributed by atoms with Gasteiger partial charge in [-0.05, 0) is 18.2 Å². The SMILES string of the molecule is C#CCC(=O)Nc1cccc(C(=O)O)c1. The van der Waals surface area contributed by atoms with Crippen LogP contribution in [0.1, 0.15) is 16.8 Å². The molecule has 2 N–H and O–H groups in total. The lowest BCUT2D eigenvalue weighted by Gasteiger charge is -2.03. The second kappa shape index (κ2) is 4.82. The topological polar surface area (TPSA) is 66.4 Å². The van der Waals surface area contributed by atoms with Crippen molar-refractivity contribution in [1.29, 1.82) is 0 Å². The van der Waals surface area contributed by atoms with Crippen molar-refractivity contribution in [2.45, 2.75) is 6.42 Å². The molecule has 4 nitrogen and oxygen atoms in total. The Kier molecular flexibility index (Phi) is 3.47. The predicted molar refractivity (Wildman–Crippen MR) is 55.5 cm³/mol. The summed E-state index contributed by atoms with van der Waals surface area (Å²) in [4.78, 5) is 21.7. The Balaban J connectivity index is 2.79. The maximum absolute atomic E-state index is 11.1. The third-order valence-electron chi connectivity index (χ3n) is 1.66. The van der Waals surface area contributed by atoms with Gasteiger partial charge >= 0.3 is 5.97 Å². The molecule has 0 aliphatic carbocycles. The molecule has 0 aromatic heterocycles. The van der Waals surface area contributed by atoms with Crippen LogP contribution in [0.5, 0.6) is 0 Å². The zero-order chi connectivity index (χ0) is 11.3. The van der Waals surface area contributed by atoms with E-state index in [0.29, 0.717) is 5.69 Å². The van der Waals surface area contributed by atoms with Crippen LogP contribution in [0.15, 0.2) is 24.3 Å². The van der Waals surface area contributed by atoms with Crippen molar-refractivity contribution in [2.75, 3.05) is 5.32 Å². The summed E-state index contributed by atoms with van der Waals surface area (Å²) in [7, 11) is 0. The van der Waals surface area contributed by atoms with Crippen molar-refractivity contribution in [3.05, 3.63) is 29.8 Å². The van der Waals surface area contributed by atoms with E-state index in [4.69, 9.17) is 11.5 Å². The van der Waals surface area contributed by atoms with Crippen LogP contribution in [0.3, 0.4) is 0 Å². The molecule has 76 valence electrons. The van der Waals surface area contributed by atoms with Gasteiger partial charge in [0.15, 0.2) is 0 Å². The number of nitrogens with one attached hydrogen (secondary N) is 1. The number of terminal acetylenes is 1. The maximum Gasteiger partial charge on any atom is 0.335 e. The van der Waals surface area contributed by atoms with Gasteiger partial charge in [0.25, 0.3) is 0 Å². The Morgan fingerprint density at radius 1 is 1.47 bits per heavy atom. The smallest absolute Gasteiger partial charge is 0.335 e. The molecule has 0 saturated heterocycles. The first-order valence-electron chi connectivity index (χ1n) is 4.20. The van der Waals surface area contributed by atoms with Crippen LogP contribution in [0.4, 0.5) is 5.69 Å². The average molecular weight is 203 g/mol. The van der Waals surface area contributed by atoms with E-state index < -0.39 is 5.97 Å². The fourth-order valence-electron chi connectivity index (χ4n) is 1.03. The van der Waals surface area contributed by atoms with Crippen LogP contribution in [0.2, 0.25) is 0 Å². The highest BCUT2D eigenvalue weighted by atomic mass is 16.4. The minimum Gasteiger partial charge on any atom is -0.478 e. The number of hydrogen-bond donors (Lipinski definition) is 2. The number of carboxylic acid groups (broad SMARTS) is 1. The highest BCUT2D eigenvalue weighted by Gasteiger charge is 2.04. The van der Waals surface area contributed by atoms with Gasteiger partial charge in [-0.2, -0.15) is 0 Å². The number of anilines is 1. The summed E-state index contributed by atoms with van der Waals surface area (Å²) >= 11 is 0. The fraction of sp³-hybridized carbons (Fsp3) is 0.0909. The summed E-state index contributed by atoms with van der Waals surface area (Å²) in [6.07, 6.45) is 4.93. The van der Waals surface area contributed by atoms with E-state index >= 15 is 0 Å². The first kappa shape index (κ1) is 10.8. The summed E-state index contributed by atoms with van der Waals surface area (Å²) < 4.78 is 0. The van der Waals surface area contributed by atoms with Crippen LogP contribution >= 0.6 is 0 Å². The van der Waals surface area contributed by atoms with Crippen LogP contribution in [0.25, 0.3) is 0 Å². The van der Waals surface area contributed by atoms with Crippen LogP contribution in [-0.4, -0.2) is 17.0 Å². The van der Waals surface area contributed by atoms with Crippen molar-refractivity contribution < 1.29 is 14.7 Å². The number of amides is 1. The van der Waals surface area contributed by atoms with Crippen molar-refractivity contribution in [2.24, 2.45) is 0 Å². The minimum atomic E-state index is -1.04. The summed E-state index contributed by atoms with van der Waals surface area (Å²) in [5.74, 6) is 0.825. The quantitative estimate of drug-likeness (QED) is 0.728. The third kappa shape index (κ3) is 3.16. The van der Waals surface area contributed by atoms with Crippen LogP contribution in [0, 0.1) is 12.3 Å². The van der Waals surface area contributed by atoms with E-state index in [1.807, 2.05) is 0 Å². The molecule has 0 spiro atoms. The molecule has 0 atom stereocenters. The average Bonchev–Trinajstić information content (AvgIpc) is 2.18. The zero-order valence-electron chi connectivity index (χ0n) is 7.86. The van der Waals surface area contributed by atoms with Crippen molar-refractivity contribution in [3.63, 3.8) is 0 Å². The second-order valence-corrected chi connectivity index (χ2v) is 2.82. The van der Waals surface area contributed by atoms with Crippen molar-refractivity contribution >= 4 is 17.6 Å². The van der Waals surface area contributed by atoms with Gasteiger partial charge in [-0.25, -0.2) is 4.79 Å². The first-order chi connectivity index (χ1) is 7.13. The molecule has 4 heteroatoms. The molecule has 0 aliphatic rings. The molecule has 0 unspecified atom stereocenters. The van der Waals surface area contributed by atoms with E-state index in [1.54, 1.807) is 12.1 Å². The molecule has 1 amide bonds. The summed E-state index contributed by atoms with van der Waals surface area (Å²) in [6.45, 7) is 0. The minimum absolute atomic E-state index is 0.0305. The lowest BCUT2D eigenvalue weighted by molar-refractivity contribution is -0.115. The fourth-order valence-corrected chi connectivity index (χ4v) is 1.03. The summed E-state index contributed by atoms with van der Waals surface area (Å²) in [6, 6.07) is 5.96. The number of carbonyl (C=O) groups is 2. The van der Waals surface area contributed by atoms with Crippen LogP contribution in [-0.2, 0) is 4.79 Å². The largest absolute Gasteiger partial charge is 0.478 e.